The fourth-order valence-electron chi connectivity index (χ4n) is 1.62. The normalized spacial score (nSPS) is 10.9. The zero-order chi connectivity index (χ0) is 11.7. The maximum absolute atomic E-state index is 6.17. The number of benzene rings is 2. The van der Waals surface area contributed by atoms with Crippen molar-refractivity contribution in [1.29, 1.82) is 0 Å². The van der Waals surface area contributed by atoms with E-state index >= 15 is 0 Å². The Morgan fingerprint density at radius 3 is 2.65 bits per heavy atom. The van der Waals surface area contributed by atoms with Crippen LogP contribution in [0.4, 0.5) is 0 Å². The summed E-state index contributed by atoms with van der Waals surface area (Å²) < 4.78 is 1.95. The van der Waals surface area contributed by atoms with Gasteiger partial charge < -0.3 is 0 Å². The van der Waals surface area contributed by atoms with Crippen molar-refractivity contribution in [2.45, 2.75) is 0 Å². The number of fused-ring (bicyclic) bond motifs is 1. The van der Waals surface area contributed by atoms with E-state index in [0.717, 1.165) is 20.5 Å². The number of hydrogen-bond acceptors (Lipinski definition) is 3. The van der Waals surface area contributed by atoms with Gasteiger partial charge in [-0.3, -0.25) is 0 Å². The minimum atomic E-state index is 0.0389. The zero-order valence-electron chi connectivity index (χ0n) is 8.59. The van der Waals surface area contributed by atoms with Crippen molar-refractivity contribution in [3.63, 3.8) is 0 Å². The Kier molecular flexibility index (Phi) is 2.81. The number of aromatic nitrogens is 4. The SMILES string of the molecule is Clc1ccc([Se]c2nn[nH]n2)c2ccccc12. The Labute approximate surface area is 109 Å². The summed E-state index contributed by atoms with van der Waals surface area (Å²) in [6, 6.07) is 12.0. The molecule has 0 saturated carbocycles. The first kappa shape index (κ1) is 10.7. The van der Waals surface area contributed by atoms with E-state index in [1.54, 1.807) is 0 Å². The van der Waals surface area contributed by atoms with Crippen LogP contribution in [0.5, 0.6) is 0 Å². The molecule has 0 fully saturated rings. The summed E-state index contributed by atoms with van der Waals surface area (Å²) in [4.78, 5) is 0. The van der Waals surface area contributed by atoms with Crippen molar-refractivity contribution in [3.8, 4) is 0 Å². The summed E-state index contributed by atoms with van der Waals surface area (Å²) in [6.45, 7) is 0. The number of halogens is 1. The van der Waals surface area contributed by atoms with Crippen LogP contribution in [0.25, 0.3) is 10.8 Å². The van der Waals surface area contributed by atoms with Crippen LogP contribution in [-0.4, -0.2) is 35.6 Å². The Balaban J connectivity index is 2.14. The molecule has 0 unspecified atom stereocenters. The summed E-state index contributed by atoms with van der Waals surface area (Å²) >= 11 is 6.21. The van der Waals surface area contributed by atoms with Gasteiger partial charge in [0.25, 0.3) is 0 Å². The van der Waals surface area contributed by atoms with Gasteiger partial charge in [0.05, 0.1) is 0 Å². The first-order valence-electron chi connectivity index (χ1n) is 4.93. The summed E-state index contributed by atoms with van der Waals surface area (Å²) in [5.41, 5.74) is 0. The Bertz CT molecular complexity index is 654. The van der Waals surface area contributed by atoms with Gasteiger partial charge in [0.15, 0.2) is 0 Å². The van der Waals surface area contributed by atoms with Gasteiger partial charge in [-0.2, -0.15) is 0 Å². The standard InChI is InChI=1S/C11H7ClN4Se/c12-9-5-6-10(17-11-13-15-16-14-11)8-4-2-1-3-7(8)9/h1-6H,(H,13,14,15,16). The molecular weight excluding hydrogens is 303 g/mol. The van der Waals surface area contributed by atoms with Gasteiger partial charge in [0, 0.05) is 0 Å². The molecule has 0 spiro atoms. The van der Waals surface area contributed by atoms with E-state index in [1.165, 1.54) is 4.46 Å². The number of hydrogen-bond donors (Lipinski definition) is 1. The van der Waals surface area contributed by atoms with Crippen molar-refractivity contribution in [2.24, 2.45) is 0 Å². The number of nitrogens with zero attached hydrogens (tertiary/aromatic N) is 3. The molecule has 0 aliphatic carbocycles. The first-order valence-corrected chi connectivity index (χ1v) is 7.02. The molecule has 0 aliphatic rings. The van der Waals surface area contributed by atoms with Gasteiger partial charge in [0.1, 0.15) is 0 Å². The van der Waals surface area contributed by atoms with E-state index in [1.807, 2.05) is 30.3 Å². The fourth-order valence-corrected chi connectivity index (χ4v) is 3.50. The van der Waals surface area contributed by atoms with Crippen LogP contribution in [0.1, 0.15) is 0 Å². The van der Waals surface area contributed by atoms with Crippen molar-refractivity contribution >= 4 is 46.5 Å². The molecule has 0 radical (unpaired) electrons. The second kappa shape index (κ2) is 4.45. The first-order chi connectivity index (χ1) is 8.34. The predicted molar refractivity (Wildman–Crippen MR) is 68.2 cm³/mol. The molecule has 4 nitrogen and oxygen atoms in total. The third-order valence-electron chi connectivity index (χ3n) is 2.36. The topological polar surface area (TPSA) is 54.5 Å². The van der Waals surface area contributed by atoms with Crippen LogP contribution in [0.3, 0.4) is 0 Å². The molecule has 3 rings (SSSR count). The average molecular weight is 310 g/mol. The predicted octanol–water partition coefficient (Wildman–Crippen LogP) is 0.661. The van der Waals surface area contributed by atoms with E-state index in [2.05, 4.69) is 26.7 Å². The van der Waals surface area contributed by atoms with Crippen molar-refractivity contribution in [3.05, 3.63) is 41.4 Å². The summed E-state index contributed by atoms with van der Waals surface area (Å²) in [7, 11) is 0. The van der Waals surface area contributed by atoms with Gasteiger partial charge in [-0.15, -0.1) is 0 Å². The molecular formula is C11H7ClN4Se. The van der Waals surface area contributed by atoms with Crippen LogP contribution in [0.2, 0.25) is 5.02 Å². The van der Waals surface area contributed by atoms with Gasteiger partial charge >= 0.3 is 109 Å². The van der Waals surface area contributed by atoms with Gasteiger partial charge in [0.2, 0.25) is 0 Å². The molecule has 1 aromatic heterocycles. The van der Waals surface area contributed by atoms with E-state index in [0.29, 0.717) is 0 Å². The van der Waals surface area contributed by atoms with Crippen molar-refractivity contribution in [2.75, 3.05) is 0 Å². The third-order valence-corrected chi connectivity index (χ3v) is 4.64. The van der Waals surface area contributed by atoms with E-state index in [4.69, 9.17) is 11.6 Å². The summed E-state index contributed by atoms with van der Waals surface area (Å²) in [5, 5.41) is 17.0. The zero-order valence-corrected chi connectivity index (χ0v) is 11.1. The molecule has 17 heavy (non-hydrogen) atoms. The van der Waals surface area contributed by atoms with E-state index < -0.39 is 0 Å². The van der Waals surface area contributed by atoms with E-state index in [9.17, 15) is 0 Å². The number of tetrazole rings is 1. The Morgan fingerprint density at radius 2 is 1.88 bits per heavy atom. The molecule has 0 aliphatic heterocycles. The Hall–Kier alpha value is -1.42. The molecule has 0 amide bonds. The van der Waals surface area contributed by atoms with Gasteiger partial charge in [-0.1, -0.05) is 0 Å². The van der Waals surface area contributed by atoms with E-state index in [-0.39, 0.29) is 15.0 Å². The average Bonchev–Trinajstić information content (AvgIpc) is 2.86. The molecule has 3 aromatic rings. The third kappa shape index (κ3) is 2.05. The Morgan fingerprint density at radius 1 is 1.06 bits per heavy atom. The monoisotopic (exact) mass is 310 g/mol. The molecule has 2 aromatic carbocycles. The van der Waals surface area contributed by atoms with Gasteiger partial charge in [-0.25, -0.2) is 0 Å². The number of H-pyrrole nitrogens is 1. The molecule has 1 N–H and O–H groups in total. The van der Waals surface area contributed by atoms with Crippen LogP contribution in [0, 0.1) is 0 Å². The fraction of sp³-hybridized carbons (Fsp3) is 0. The second-order valence-electron chi connectivity index (χ2n) is 3.39. The van der Waals surface area contributed by atoms with Crippen molar-refractivity contribution in [1.82, 2.24) is 20.6 Å². The molecule has 84 valence electrons. The van der Waals surface area contributed by atoms with Crippen LogP contribution >= 0.6 is 11.6 Å². The number of aromatic amines is 1. The van der Waals surface area contributed by atoms with Crippen LogP contribution in [-0.2, 0) is 0 Å². The molecule has 0 atom stereocenters. The second-order valence-corrected chi connectivity index (χ2v) is 5.91. The van der Waals surface area contributed by atoms with Gasteiger partial charge in [-0.05, 0) is 0 Å². The quantitative estimate of drug-likeness (QED) is 0.708. The molecule has 0 bridgehead atoms. The summed E-state index contributed by atoms with van der Waals surface area (Å²) in [5.74, 6) is 0. The molecule has 0 saturated heterocycles. The minimum absolute atomic E-state index is 0.0389. The van der Waals surface area contributed by atoms with Crippen LogP contribution < -0.4 is 9.18 Å². The van der Waals surface area contributed by atoms with Crippen molar-refractivity contribution < 1.29 is 0 Å². The number of rotatable bonds is 2. The molecule has 1 heterocycles. The maximum atomic E-state index is 6.17. The summed E-state index contributed by atoms with van der Waals surface area (Å²) in [6.07, 6.45) is 0. The van der Waals surface area contributed by atoms with Crippen LogP contribution in [0.15, 0.2) is 36.4 Å². The number of nitrogens with one attached hydrogen (secondary N) is 1. The molecule has 6 heteroatoms.